The van der Waals surface area contributed by atoms with Crippen LogP contribution in [0.3, 0.4) is 0 Å². The molecule has 0 atom stereocenters. The second-order valence-electron chi connectivity index (χ2n) is 7.32. The molecule has 1 N–H and O–H groups in total. The van der Waals surface area contributed by atoms with Gasteiger partial charge in [-0.25, -0.2) is 9.37 Å². The van der Waals surface area contributed by atoms with Gasteiger partial charge in [0.05, 0.1) is 15.9 Å². The number of hydrogen-bond acceptors (Lipinski definition) is 5. The lowest BCUT2D eigenvalue weighted by Crippen LogP contribution is -2.49. The molecular formula is C22H23FN4O2S. The van der Waals surface area contributed by atoms with Crippen molar-refractivity contribution in [3.05, 3.63) is 53.8 Å². The molecule has 2 heterocycles. The number of carbonyl (C=O) groups excluding carboxylic acids is 2. The van der Waals surface area contributed by atoms with E-state index in [4.69, 9.17) is 0 Å². The SMILES string of the molecule is CC(=O)Nc1nc2ccc(CCC(=O)N3CCN(c4ccccc4F)CC3)cc2s1. The number of carbonyl (C=O) groups is 2. The van der Waals surface area contributed by atoms with Crippen LogP contribution in [-0.4, -0.2) is 47.9 Å². The molecular weight excluding hydrogens is 403 g/mol. The number of aromatic nitrogens is 1. The third kappa shape index (κ3) is 4.59. The van der Waals surface area contributed by atoms with E-state index in [1.807, 2.05) is 34.1 Å². The van der Waals surface area contributed by atoms with Gasteiger partial charge in [0.2, 0.25) is 11.8 Å². The number of thiazole rings is 1. The molecule has 0 aliphatic carbocycles. The van der Waals surface area contributed by atoms with Crippen molar-refractivity contribution in [2.75, 3.05) is 36.4 Å². The zero-order valence-corrected chi connectivity index (χ0v) is 17.5. The number of para-hydroxylation sites is 1. The zero-order chi connectivity index (χ0) is 21.1. The number of benzene rings is 2. The topological polar surface area (TPSA) is 65.5 Å². The van der Waals surface area contributed by atoms with E-state index in [0.717, 1.165) is 15.8 Å². The van der Waals surface area contributed by atoms with E-state index in [0.29, 0.717) is 49.8 Å². The molecule has 0 radical (unpaired) electrons. The van der Waals surface area contributed by atoms with Gasteiger partial charge in [-0.2, -0.15) is 0 Å². The van der Waals surface area contributed by atoms with E-state index < -0.39 is 0 Å². The number of rotatable bonds is 5. The van der Waals surface area contributed by atoms with Crippen molar-refractivity contribution in [3.63, 3.8) is 0 Å². The Labute approximate surface area is 178 Å². The van der Waals surface area contributed by atoms with E-state index >= 15 is 0 Å². The van der Waals surface area contributed by atoms with Crippen LogP contribution < -0.4 is 10.2 Å². The summed E-state index contributed by atoms with van der Waals surface area (Å²) in [6, 6.07) is 12.7. The van der Waals surface area contributed by atoms with Crippen LogP contribution in [0.2, 0.25) is 0 Å². The number of nitrogens with one attached hydrogen (secondary N) is 1. The standard InChI is InChI=1S/C22H23FN4O2S/c1-15(28)24-22-25-18-8-6-16(14-20(18)30-22)7-9-21(29)27-12-10-26(11-13-27)19-5-3-2-4-17(19)23/h2-6,8,14H,7,9-13H2,1H3,(H,24,25,28). The van der Waals surface area contributed by atoms with Gasteiger partial charge in [-0.05, 0) is 36.2 Å². The Morgan fingerprint density at radius 1 is 1.13 bits per heavy atom. The molecule has 1 saturated heterocycles. The molecule has 8 heteroatoms. The highest BCUT2D eigenvalue weighted by Crippen LogP contribution is 2.27. The Morgan fingerprint density at radius 3 is 2.63 bits per heavy atom. The minimum Gasteiger partial charge on any atom is -0.366 e. The Bertz CT molecular complexity index is 1080. The number of halogens is 1. The summed E-state index contributed by atoms with van der Waals surface area (Å²) in [6.07, 6.45) is 1.08. The number of anilines is 2. The summed E-state index contributed by atoms with van der Waals surface area (Å²) < 4.78 is 15.0. The quantitative estimate of drug-likeness (QED) is 0.676. The molecule has 6 nitrogen and oxygen atoms in total. The summed E-state index contributed by atoms with van der Waals surface area (Å²) in [7, 11) is 0. The van der Waals surface area contributed by atoms with Gasteiger partial charge in [-0.15, -0.1) is 0 Å². The molecule has 4 rings (SSSR count). The Morgan fingerprint density at radius 2 is 1.90 bits per heavy atom. The molecule has 1 aliphatic heterocycles. The molecule has 30 heavy (non-hydrogen) atoms. The first-order valence-electron chi connectivity index (χ1n) is 9.94. The van der Waals surface area contributed by atoms with Gasteiger partial charge in [-0.1, -0.05) is 29.5 Å². The number of hydrogen-bond donors (Lipinski definition) is 1. The molecule has 0 saturated carbocycles. The summed E-state index contributed by atoms with van der Waals surface area (Å²) in [4.78, 5) is 32.1. The van der Waals surface area contributed by atoms with Crippen molar-refractivity contribution >= 4 is 44.2 Å². The summed E-state index contributed by atoms with van der Waals surface area (Å²) in [6.45, 7) is 3.92. The van der Waals surface area contributed by atoms with Gasteiger partial charge in [0, 0.05) is 39.5 Å². The average molecular weight is 427 g/mol. The lowest BCUT2D eigenvalue weighted by molar-refractivity contribution is -0.131. The van der Waals surface area contributed by atoms with Crippen LogP contribution in [0.5, 0.6) is 0 Å². The minimum atomic E-state index is -0.225. The fraction of sp³-hybridized carbons (Fsp3) is 0.318. The van der Waals surface area contributed by atoms with Gasteiger partial charge in [0.1, 0.15) is 5.82 Å². The average Bonchev–Trinajstić information content (AvgIpc) is 3.13. The van der Waals surface area contributed by atoms with Gasteiger partial charge < -0.3 is 15.1 Å². The van der Waals surface area contributed by atoms with E-state index in [1.54, 1.807) is 12.1 Å². The molecule has 0 bridgehead atoms. The maximum absolute atomic E-state index is 14.0. The summed E-state index contributed by atoms with van der Waals surface area (Å²) >= 11 is 1.43. The van der Waals surface area contributed by atoms with Crippen LogP contribution in [0, 0.1) is 5.82 Å². The number of nitrogens with zero attached hydrogens (tertiary/aromatic N) is 3. The van der Waals surface area contributed by atoms with Crippen molar-refractivity contribution in [1.82, 2.24) is 9.88 Å². The second kappa shape index (κ2) is 8.79. The fourth-order valence-electron chi connectivity index (χ4n) is 3.64. The first-order valence-corrected chi connectivity index (χ1v) is 10.8. The molecule has 0 spiro atoms. The summed E-state index contributed by atoms with van der Waals surface area (Å²) in [5, 5.41) is 3.29. The molecule has 156 valence electrons. The van der Waals surface area contributed by atoms with Crippen LogP contribution in [0.15, 0.2) is 42.5 Å². The number of piperazine rings is 1. The van der Waals surface area contributed by atoms with Crippen LogP contribution in [0.25, 0.3) is 10.2 Å². The molecule has 1 fully saturated rings. The van der Waals surface area contributed by atoms with E-state index in [2.05, 4.69) is 10.3 Å². The third-order valence-corrected chi connectivity index (χ3v) is 6.12. The van der Waals surface area contributed by atoms with Crippen molar-refractivity contribution in [3.8, 4) is 0 Å². The lowest BCUT2D eigenvalue weighted by atomic mass is 10.1. The Kier molecular flexibility index (Phi) is 5.94. The molecule has 3 aromatic rings. The molecule has 0 unspecified atom stereocenters. The number of aryl methyl sites for hydroxylation is 1. The highest BCUT2D eigenvalue weighted by atomic mass is 32.1. The highest BCUT2D eigenvalue weighted by molar-refractivity contribution is 7.22. The van der Waals surface area contributed by atoms with Crippen molar-refractivity contribution in [1.29, 1.82) is 0 Å². The predicted octanol–water partition coefficient (Wildman–Crippen LogP) is 3.68. The second-order valence-corrected chi connectivity index (χ2v) is 8.35. The lowest BCUT2D eigenvalue weighted by Gasteiger charge is -2.36. The minimum absolute atomic E-state index is 0.117. The molecule has 1 aromatic heterocycles. The molecule has 2 aromatic carbocycles. The van der Waals surface area contributed by atoms with Crippen molar-refractivity contribution < 1.29 is 14.0 Å². The fourth-order valence-corrected chi connectivity index (χ4v) is 4.62. The monoisotopic (exact) mass is 426 g/mol. The third-order valence-electron chi connectivity index (χ3n) is 5.19. The van der Waals surface area contributed by atoms with Crippen molar-refractivity contribution in [2.24, 2.45) is 0 Å². The van der Waals surface area contributed by atoms with Gasteiger partial charge in [0.25, 0.3) is 0 Å². The Balaban J connectivity index is 1.31. The zero-order valence-electron chi connectivity index (χ0n) is 16.7. The van der Waals surface area contributed by atoms with Crippen molar-refractivity contribution in [2.45, 2.75) is 19.8 Å². The van der Waals surface area contributed by atoms with Crippen LogP contribution in [-0.2, 0) is 16.0 Å². The molecule has 2 amide bonds. The Hall–Kier alpha value is -3.00. The highest BCUT2D eigenvalue weighted by Gasteiger charge is 2.22. The maximum atomic E-state index is 14.0. The van der Waals surface area contributed by atoms with Crippen LogP contribution in [0.4, 0.5) is 15.2 Å². The van der Waals surface area contributed by atoms with Crippen LogP contribution in [0.1, 0.15) is 18.9 Å². The van der Waals surface area contributed by atoms with Crippen LogP contribution >= 0.6 is 11.3 Å². The predicted molar refractivity (Wildman–Crippen MR) is 117 cm³/mol. The smallest absolute Gasteiger partial charge is 0.223 e. The van der Waals surface area contributed by atoms with Gasteiger partial charge in [-0.3, -0.25) is 9.59 Å². The molecule has 1 aliphatic rings. The van der Waals surface area contributed by atoms with E-state index in [1.165, 1.54) is 24.3 Å². The first-order chi connectivity index (χ1) is 14.5. The largest absolute Gasteiger partial charge is 0.366 e. The normalized spacial score (nSPS) is 14.2. The maximum Gasteiger partial charge on any atom is 0.223 e. The number of amides is 2. The number of fused-ring (bicyclic) bond motifs is 1. The van der Waals surface area contributed by atoms with E-state index in [-0.39, 0.29) is 17.6 Å². The first kappa shape index (κ1) is 20.3. The summed E-state index contributed by atoms with van der Waals surface area (Å²) in [5.41, 5.74) is 2.50. The summed E-state index contributed by atoms with van der Waals surface area (Å²) in [5.74, 6) is -0.251. The van der Waals surface area contributed by atoms with E-state index in [9.17, 15) is 14.0 Å². The van der Waals surface area contributed by atoms with Gasteiger partial charge in [0.15, 0.2) is 5.13 Å². The van der Waals surface area contributed by atoms with Gasteiger partial charge >= 0.3 is 0 Å².